The molecular weight excluding hydrogens is 262 g/mol. The molecule has 0 saturated carbocycles. The number of hydrogen-bond donors (Lipinski definition) is 2. The summed E-state index contributed by atoms with van der Waals surface area (Å²) in [6.07, 6.45) is 2.23. The molecule has 0 atom stereocenters. The Hall–Kier alpha value is -1.40. The van der Waals surface area contributed by atoms with Crippen molar-refractivity contribution < 1.29 is 9.59 Å². The van der Waals surface area contributed by atoms with Crippen LogP contribution in [-0.2, 0) is 16.1 Å². The van der Waals surface area contributed by atoms with E-state index in [1.165, 1.54) is 6.92 Å². The van der Waals surface area contributed by atoms with Gasteiger partial charge in [0, 0.05) is 31.4 Å². The molecule has 0 bridgehead atoms. The summed E-state index contributed by atoms with van der Waals surface area (Å²) in [5, 5.41) is 7.86. The molecule has 104 valence electrons. The van der Waals surface area contributed by atoms with Crippen molar-refractivity contribution in [2.24, 2.45) is 0 Å². The summed E-state index contributed by atoms with van der Waals surface area (Å²) in [5.74, 6) is 0.0860. The molecule has 2 heterocycles. The van der Waals surface area contributed by atoms with Crippen molar-refractivity contribution in [1.82, 2.24) is 10.2 Å². The minimum Gasteiger partial charge on any atom is -0.342 e. The number of carbonyl (C=O) groups excluding carboxylic acids is 2. The van der Waals surface area contributed by atoms with Gasteiger partial charge >= 0.3 is 0 Å². The van der Waals surface area contributed by atoms with E-state index >= 15 is 0 Å². The third-order valence-corrected chi connectivity index (χ3v) is 4.00. The Kier molecular flexibility index (Phi) is 4.93. The summed E-state index contributed by atoms with van der Waals surface area (Å²) in [6, 6.07) is 1.88. The van der Waals surface area contributed by atoms with Gasteiger partial charge in [0.2, 0.25) is 11.8 Å². The van der Waals surface area contributed by atoms with E-state index in [-0.39, 0.29) is 11.8 Å². The van der Waals surface area contributed by atoms with Gasteiger partial charge in [0.15, 0.2) is 0 Å². The molecule has 6 heteroatoms. The highest BCUT2D eigenvalue weighted by Crippen LogP contribution is 2.21. The summed E-state index contributed by atoms with van der Waals surface area (Å²) in [7, 11) is 0. The van der Waals surface area contributed by atoms with Gasteiger partial charge in [-0.05, 0) is 24.3 Å². The fourth-order valence-electron chi connectivity index (χ4n) is 2.14. The lowest BCUT2D eigenvalue weighted by Gasteiger charge is -2.15. The summed E-state index contributed by atoms with van der Waals surface area (Å²) >= 11 is 1.57. The number of thiophene rings is 1. The van der Waals surface area contributed by atoms with Gasteiger partial charge < -0.3 is 15.5 Å². The Morgan fingerprint density at radius 1 is 1.37 bits per heavy atom. The van der Waals surface area contributed by atoms with Crippen LogP contribution in [0.5, 0.6) is 0 Å². The van der Waals surface area contributed by atoms with Gasteiger partial charge in [-0.25, -0.2) is 0 Å². The van der Waals surface area contributed by atoms with Gasteiger partial charge in [-0.15, -0.1) is 11.3 Å². The van der Waals surface area contributed by atoms with Gasteiger partial charge in [-0.2, -0.15) is 0 Å². The largest absolute Gasteiger partial charge is 0.342 e. The molecule has 0 aliphatic carbocycles. The van der Waals surface area contributed by atoms with Crippen molar-refractivity contribution in [3.05, 3.63) is 16.3 Å². The lowest BCUT2D eigenvalue weighted by molar-refractivity contribution is -0.129. The van der Waals surface area contributed by atoms with Crippen LogP contribution in [0.25, 0.3) is 0 Å². The second-order valence-corrected chi connectivity index (χ2v) is 5.63. The third kappa shape index (κ3) is 4.04. The zero-order valence-electron chi connectivity index (χ0n) is 11.1. The van der Waals surface area contributed by atoms with Crippen LogP contribution in [0.15, 0.2) is 11.4 Å². The molecule has 0 spiro atoms. The van der Waals surface area contributed by atoms with E-state index in [1.54, 1.807) is 11.3 Å². The van der Waals surface area contributed by atoms with Crippen molar-refractivity contribution in [1.29, 1.82) is 0 Å². The number of amides is 2. The predicted octanol–water partition coefficient (Wildman–Crippen LogP) is 1.42. The average molecular weight is 281 g/mol. The maximum Gasteiger partial charge on any atom is 0.236 e. The van der Waals surface area contributed by atoms with E-state index in [0.29, 0.717) is 13.1 Å². The lowest BCUT2D eigenvalue weighted by Crippen LogP contribution is -2.35. The van der Waals surface area contributed by atoms with E-state index in [2.05, 4.69) is 10.6 Å². The number of anilines is 1. The average Bonchev–Trinajstić information content (AvgIpc) is 3.00. The quantitative estimate of drug-likeness (QED) is 0.858. The molecule has 0 unspecified atom stereocenters. The van der Waals surface area contributed by atoms with Crippen molar-refractivity contribution >= 4 is 28.8 Å². The topological polar surface area (TPSA) is 61.4 Å². The number of rotatable bonds is 5. The Bertz CT molecular complexity index is 452. The van der Waals surface area contributed by atoms with Gasteiger partial charge in [0.25, 0.3) is 0 Å². The second kappa shape index (κ2) is 6.68. The van der Waals surface area contributed by atoms with Crippen molar-refractivity contribution in [2.75, 3.05) is 25.0 Å². The molecule has 19 heavy (non-hydrogen) atoms. The van der Waals surface area contributed by atoms with Crippen LogP contribution in [-0.4, -0.2) is 36.3 Å². The first-order chi connectivity index (χ1) is 9.16. The molecule has 1 aromatic rings. The number of likely N-dealkylation sites (tertiary alicyclic amines) is 1. The molecule has 2 amide bonds. The fourth-order valence-corrected chi connectivity index (χ4v) is 2.94. The molecule has 1 aromatic heterocycles. The van der Waals surface area contributed by atoms with Crippen LogP contribution < -0.4 is 10.6 Å². The Morgan fingerprint density at radius 3 is 2.79 bits per heavy atom. The summed E-state index contributed by atoms with van der Waals surface area (Å²) < 4.78 is 0. The van der Waals surface area contributed by atoms with Gasteiger partial charge in [0.05, 0.1) is 12.2 Å². The van der Waals surface area contributed by atoms with E-state index in [1.807, 2.05) is 16.3 Å². The van der Waals surface area contributed by atoms with Crippen LogP contribution >= 0.6 is 11.3 Å². The maximum atomic E-state index is 11.8. The number of nitrogens with one attached hydrogen (secondary N) is 2. The van der Waals surface area contributed by atoms with Crippen LogP contribution in [0.1, 0.15) is 24.6 Å². The monoisotopic (exact) mass is 281 g/mol. The summed E-state index contributed by atoms with van der Waals surface area (Å²) in [5.41, 5.74) is 0.832. The normalized spacial score (nSPS) is 14.7. The summed E-state index contributed by atoms with van der Waals surface area (Å²) in [4.78, 5) is 25.8. The van der Waals surface area contributed by atoms with E-state index in [4.69, 9.17) is 0 Å². The minimum absolute atomic E-state index is 0.0761. The number of hydrogen-bond acceptors (Lipinski definition) is 4. The van der Waals surface area contributed by atoms with E-state index in [9.17, 15) is 9.59 Å². The highest BCUT2D eigenvalue weighted by molar-refractivity contribution is 7.10. The van der Waals surface area contributed by atoms with Crippen molar-refractivity contribution in [3.8, 4) is 0 Å². The highest BCUT2D eigenvalue weighted by Gasteiger charge is 2.17. The van der Waals surface area contributed by atoms with Gasteiger partial charge in [-0.3, -0.25) is 9.59 Å². The molecule has 0 aromatic carbocycles. The molecule has 1 aliphatic heterocycles. The Morgan fingerprint density at radius 2 is 2.11 bits per heavy atom. The smallest absolute Gasteiger partial charge is 0.236 e. The van der Waals surface area contributed by atoms with E-state index < -0.39 is 0 Å². The van der Waals surface area contributed by atoms with Gasteiger partial charge in [-0.1, -0.05) is 0 Å². The van der Waals surface area contributed by atoms with Crippen LogP contribution in [0.3, 0.4) is 0 Å². The fraction of sp³-hybridized carbons (Fsp3) is 0.538. The minimum atomic E-state index is -0.0761. The lowest BCUT2D eigenvalue weighted by atomic mass is 10.3. The molecule has 1 fully saturated rings. The zero-order valence-corrected chi connectivity index (χ0v) is 11.9. The third-order valence-electron chi connectivity index (χ3n) is 3.08. The SMILES string of the molecule is CC(=O)Nc1ccsc1CNCC(=O)N1CCCC1. The van der Waals surface area contributed by atoms with Crippen LogP contribution in [0.2, 0.25) is 0 Å². The molecule has 1 saturated heterocycles. The molecular formula is C13H19N3O2S. The standard InChI is InChI=1S/C13H19N3O2S/c1-10(17)15-11-4-7-19-12(11)8-14-9-13(18)16-5-2-3-6-16/h4,7,14H,2-3,5-6,8-9H2,1H3,(H,15,17). The molecule has 2 N–H and O–H groups in total. The number of carbonyl (C=O) groups is 2. The van der Waals surface area contributed by atoms with Crippen molar-refractivity contribution in [3.63, 3.8) is 0 Å². The van der Waals surface area contributed by atoms with Crippen LogP contribution in [0.4, 0.5) is 5.69 Å². The molecule has 1 aliphatic rings. The van der Waals surface area contributed by atoms with E-state index in [0.717, 1.165) is 36.5 Å². The first-order valence-electron chi connectivity index (χ1n) is 6.49. The highest BCUT2D eigenvalue weighted by atomic mass is 32.1. The Labute approximate surface area is 117 Å². The maximum absolute atomic E-state index is 11.8. The first kappa shape index (κ1) is 14.0. The second-order valence-electron chi connectivity index (χ2n) is 4.63. The van der Waals surface area contributed by atoms with Crippen molar-refractivity contribution in [2.45, 2.75) is 26.3 Å². The predicted molar refractivity (Wildman–Crippen MR) is 76.1 cm³/mol. The molecule has 5 nitrogen and oxygen atoms in total. The van der Waals surface area contributed by atoms with Gasteiger partial charge in [0.1, 0.15) is 0 Å². The summed E-state index contributed by atoms with van der Waals surface area (Å²) in [6.45, 7) is 4.23. The zero-order chi connectivity index (χ0) is 13.7. The van der Waals surface area contributed by atoms with Crippen LogP contribution in [0, 0.1) is 0 Å². The molecule has 0 radical (unpaired) electrons. The Balaban J connectivity index is 1.77. The molecule has 2 rings (SSSR count). The number of nitrogens with zero attached hydrogens (tertiary/aromatic N) is 1. The first-order valence-corrected chi connectivity index (χ1v) is 7.37.